The lowest BCUT2D eigenvalue weighted by molar-refractivity contribution is -0.132. The van der Waals surface area contributed by atoms with Crippen LogP contribution in [0.25, 0.3) is 0 Å². The lowest BCUT2D eigenvalue weighted by Crippen LogP contribution is -2.38. The predicted octanol–water partition coefficient (Wildman–Crippen LogP) is 3.07. The highest BCUT2D eigenvalue weighted by Crippen LogP contribution is 2.19. The van der Waals surface area contributed by atoms with E-state index < -0.39 is 12.6 Å². The Kier molecular flexibility index (Phi) is 6.52. The van der Waals surface area contributed by atoms with Crippen LogP contribution in [0.1, 0.15) is 18.9 Å². The summed E-state index contributed by atoms with van der Waals surface area (Å²) in [4.78, 5) is 6.58. The second-order valence-electron chi connectivity index (χ2n) is 5.53. The standard InChI is InChI=1S/C17H23F3N4/c1-2-21-16(22-10-9-17(18,19)20)23-13-14-5-7-15(8-6-14)24-11-3-4-12-24/h3-8H,2,9-13H2,1H3,(H2,21,22,23). The molecule has 1 aliphatic heterocycles. The first-order valence-corrected chi connectivity index (χ1v) is 8.06. The molecule has 0 atom stereocenters. The number of benzene rings is 1. The molecule has 132 valence electrons. The summed E-state index contributed by atoms with van der Waals surface area (Å²) in [7, 11) is 0. The van der Waals surface area contributed by atoms with Gasteiger partial charge in [0.1, 0.15) is 0 Å². The van der Waals surface area contributed by atoms with Crippen molar-refractivity contribution in [2.75, 3.05) is 31.1 Å². The van der Waals surface area contributed by atoms with Gasteiger partial charge in [-0.25, -0.2) is 4.99 Å². The van der Waals surface area contributed by atoms with E-state index in [4.69, 9.17) is 0 Å². The van der Waals surface area contributed by atoms with Crippen LogP contribution in [0.15, 0.2) is 41.4 Å². The van der Waals surface area contributed by atoms with Gasteiger partial charge in [0, 0.05) is 31.9 Å². The van der Waals surface area contributed by atoms with Gasteiger partial charge in [-0.2, -0.15) is 13.2 Å². The fraction of sp³-hybridized carbons (Fsp3) is 0.471. The largest absolute Gasteiger partial charge is 0.390 e. The Morgan fingerprint density at radius 3 is 2.38 bits per heavy atom. The third-order valence-electron chi connectivity index (χ3n) is 3.58. The molecule has 4 nitrogen and oxygen atoms in total. The highest BCUT2D eigenvalue weighted by molar-refractivity contribution is 5.79. The number of hydrogen-bond acceptors (Lipinski definition) is 2. The minimum atomic E-state index is -4.16. The van der Waals surface area contributed by atoms with Crippen LogP contribution in [-0.2, 0) is 6.54 Å². The lowest BCUT2D eigenvalue weighted by Gasteiger charge is -2.17. The zero-order chi connectivity index (χ0) is 17.4. The molecule has 0 fully saturated rings. The number of hydrogen-bond donors (Lipinski definition) is 2. The first-order chi connectivity index (χ1) is 11.5. The van der Waals surface area contributed by atoms with Crippen LogP contribution >= 0.6 is 0 Å². The zero-order valence-electron chi connectivity index (χ0n) is 13.7. The molecule has 2 N–H and O–H groups in total. The summed E-state index contributed by atoms with van der Waals surface area (Å²) in [6.07, 6.45) is -0.776. The van der Waals surface area contributed by atoms with Crippen molar-refractivity contribution in [2.45, 2.75) is 26.1 Å². The fourth-order valence-electron chi connectivity index (χ4n) is 2.34. The first-order valence-electron chi connectivity index (χ1n) is 8.06. The molecule has 0 saturated carbocycles. The average Bonchev–Trinajstić information content (AvgIpc) is 3.06. The summed E-state index contributed by atoms with van der Waals surface area (Å²) in [5, 5.41) is 5.66. The molecule has 0 bridgehead atoms. The number of nitrogens with zero attached hydrogens (tertiary/aromatic N) is 2. The molecule has 1 aromatic carbocycles. The number of rotatable bonds is 6. The van der Waals surface area contributed by atoms with E-state index in [1.807, 2.05) is 31.2 Å². The monoisotopic (exact) mass is 340 g/mol. The summed E-state index contributed by atoms with van der Waals surface area (Å²) in [5.41, 5.74) is 2.17. The van der Waals surface area contributed by atoms with E-state index in [9.17, 15) is 13.2 Å². The van der Waals surface area contributed by atoms with Gasteiger partial charge in [0.05, 0.1) is 13.0 Å². The normalized spacial score (nSPS) is 15.0. The predicted molar refractivity (Wildman–Crippen MR) is 91.3 cm³/mol. The Morgan fingerprint density at radius 1 is 1.12 bits per heavy atom. The second kappa shape index (κ2) is 8.61. The third-order valence-corrected chi connectivity index (χ3v) is 3.58. The molecule has 1 heterocycles. The van der Waals surface area contributed by atoms with E-state index in [2.05, 4.69) is 32.7 Å². The van der Waals surface area contributed by atoms with Crippen LogP contribution < -0.4 is 15.5 Å². The van der Waals surface area contributed by atoms with Crippen molar-refractivity contribution in [1.29, 1.82) is 0 Å². The number of anilines is 1. The summed E-state index contributed by atoms with van der Waals surface area (Å²) < 4.78 is 36.6. The molecular weight excluding hydrogens is 317 g/mol. The van der Waals surface area contributed by atoms with Crippen molar-refractivity contribution in [3.05, 3.63) is 42.0 Å². The summed E-state index contributed by atoms with van der Waals surface area (Å²) in [6, 6.07) is 8.08. The van der Waals surface area contributed by atoms with E-state index >= 15 is 0 Å². The van der Waals surface area contributed by atoms with E-state index in [-0.39, 0.29) is 6.54 Å². The van der Waals surface area contributed by atoms with Gasteiger partial charge < -0.3 is 15.5 Å². The van der Waals surface area contributed by atoms with Crippen LogP contribution in [0, 0.1) is 0 Å². The Morgan fingerprint density at radius 2 is 1.79 bits per heavy atom. The number of nitrogens with one attached hydrogen (secondary N) is 2. The summed E-state index contributed by atoms with van der Waals surface area (Å²) >= 11 is 0. The van der Waals surface area contributed by atoms with Crippen molar-refractivity contribution in [3.63, 3.8) is 0 Å². The molecule has 0 radical (unpaired) electrons. The molecule has 0 amide bonds. The van der Waals surface area contributed by atoms with Crippen molar-refractivity contribution in [1.82, 2.24) is 10.6 Å². The van der Waals surface area contributed by atoms with Gasteiger partial charge in [-0.1, -0.05) is 24.3 Å². The zero-order valence-corrected chi connectivity index (χ0v) is 13.7. The van der Waals surface area contributed by atoms with Crippen LogP contribution in [0.3, 0.4) is 0 Å². The molecule has 1 aliphatic rings. The quantitative estimate of drug-likeness (QED) is 0.475. The maximum Gasteiger partial charge on any atom is 0.390 e. The molecular formula is C17H23F3N4. The van der Waals surface area contributed by atoms with Crippen molar-refractivity contribution in [2.24, 2.45) is 4.99 Å². The lowest BCUT2D eigenvalue weighted by atomic mass is 10.2. The average molecular weight is 340 g/mol. The third kappa shape index (κ3) is 6.14. The topological polar surface area (TPSA) is 39.7 Å². The van der Waals surface area contributed by atoms with E-state index in [0.29, 0.717) is 19.0 Å². The van der Waals surface area contributed by atoms with E-state index in [1.165, 1.54) is 0 Å². The molecule has 1 aromatic rings. The van der Waals surface area contributed by atoms with Crippen LogP contribution in [0.2, 0.25) is 0 Å². The summed E-state index contributed by atoms with van der Waals surface area (Å²) in [5.74, 6) is 0.398. The van der Waals surface area contributed by atoms with Crippen molar-refractivity contribution in [3.8, 4) is 0 Å². The fourth-order valence-corrected chi connectivity index (χ4v) is 2.34. The Balaban J connectivity index is 1.87. The van der Waals surface area contributed by atoms with Gasteiger partial charge in [0.15, 0.2) is 5.96 Å². The molecule has 0 spiro atoms. The molecule has 0 unspecified atom stereocenters. The molecule has 24 heavy (non-hydrogen) atoms. The molecule has 2 rings (SSSR count). The second-order valence-corrected chi connectivity index (χ2v) is 5.53. The molecule has 0 aliphatic carbocycles. The molecule has 0 aromatic heterocycles. The Labute approximate surface area is 140 Å². The number of alkyl halides is 3. The molecule has 7 heteroatoms. The van der Waals surface area contributed by atoms with Gasteiger partial charge in [-0.3, -0.25) is 0 Å². The number of guanidine groups is 1. The van der Waals surface area contributed by atoms with E-state index in [0.717, 1.165) is 24.3 Å². The van der Waals surface area contributed by atoms with Gasteiger partial charge in [0.2, 0.25) is 0 Å². The van der Waals surface area contributed by atoms with Gasteiger partial charge in [-0.05, 0) is 24.6 Å². The Hall–Kier alpha value is -2.18. The van der Waals surface area contributed by atoms with Crippen LogP contribution in [-0.4, -0.2) is 38.3 Å². The smallest absolute Gasteiger partial charge is 0.364 e. The van der Waals surface area contributed by atoms with Gasteiger partial charge >= 0.3 is 6.18 Å². The highest BCUT2D eigenvalue weighted by Gasteiger charge is 2.26. The van der Waals surface area contributed by atoms with Gasteiger partial charge in [0.25, 0.3) is 0 Å². The maximum atomic E-state index is 12.2. The SMILES string of the molecule is CCNC(=NCc1ccc(N2CC=CC2)cc1)NCCC(F)(F)F. The number of aliphatic imine (C=N–C) groups is 1. The van der Waals surface area contributed by atoms with Crippen molar-refractivity contribution >= 4 is 11.6 Å². The summed E-state index contributed by atoms with van der Waals surface area (Å²) in [6.45, 7) is 4.55. The molecule has 0 saturated heterocycles. The highest BCUT2D eigenvalue weighted by atomic mass is 19.4. The van der Waals surface area contributed by atoms with Crippen LogP contribution in [0.4, 0.5) is 18.9 Å². The first kappa shape index (κ1) is 18.2. The van der Waals surface area contributed by atoms with Crippen molar-refractivity contribution < 1.29 is 13.2 Å². The number of halogens is 3. The minimum Gasteiger partial charge on any atom is -0.364 e. The Bertz CT molecular complexity index is 556. The minimum absolute atomic E-state index is 0.184. The van der Waals surface area contributed by atoms with Gasteiger partial charge in [-0.15, -0.1) is 0 Å². The van der Waals surface area contributed by atoms with Crippen LogP contribution in [0.5, 0.6) is 0 Å². The maximum absolute atomic E-state index is 12.2. The van der Waals surface area contributed by atoms with E-state index in [1.54, 1.807) is 0 Å².